The number of anilines is 6. The molecule has 280 valence electrons. The van der Waals surface area contributed by atoms with Gasteiger partial charge in [-0.15, -0.1) is 0 Å². The maximum absolute atomic E-state index is 2.57. The molecule has 0 unspecified atom stereocenters. The first kappa shape index (κ1) is 35.3. The molecule has 0 saturated heterocycles. The average Bonchev–Trinajstić information content (AvgIpc) is 3.59. The van der Waals surface area contributed by atoms with Crippen LogP contribution >= 0.6 is 0 Å². The van der Waals surface area contributed by atoms with Gasteiger partial charge in [0.25, 0.3) is 0 Å². The molecule has 0 saturated carbocycles. The highest BCUT2D eigenvalue weighted by Crippen LogP contribution is 2.59. The van der Waals surface area contributed by atoms with E-state index in [4.69, 9.17) is 0 Å². The lowest BCUT2D eigenvalue weighted by Gasteiger charge is -2.31. The summed E-state index contributed by atoms with van der Waals surface area (Å²) in [5.74, 6) is 0. The van der Waals surface area contributed by atoms with Gasteiger partial charge in [-0.3, -0.25) is 0 Å². The Morgan fingerprint density at radius 1 is 0.456 bits per heavy atom. The lowest BCUT2D eigenvalue weighted by Crippen LogP contribution is -2.19. The molecule has 7 aromatic carbocycles. The minimum Gasteiger partial charge on any atom is -0.311 e. The SMILES string of the molecule is Cc1ccc(N(c2ccc(C)cc2)c2ccc(N(c3ccc(C)cc3)c3cc4c(c5ccccc35)-c3cc5c(cc3C4(C)C)C3=C(CCC=C3)C5(C)C)cc2)cc1. The van der Waals surface area contributed by atoms with Gasteiger partial charge in [0.1, 0.15) is 0 Å². The number of aryl methyl sites for hydroxylation is 3. The summed E-state index contributed by atoms with van der Waals surface area (Å²) in [4.78, 5) is 4.82. The molecule has 0 radical (unpaired) electrons. The number of hydrogen-bond acceptors (Lipinski definition) is 2. The van der Waals surface area contributed by atoms with Gasteiger partial charge in [0.05, 0.1) is 5.69 Å². The van der Waals surface area contributed by atoms with Crippen molar-refractivity contribution >= 4 is 50.5 Å². The molecular formula is C55H50N2. The highest BCUT2D eigenvalue weighted by Gasteiger charge is 2.43. The first-order valence-electron chi connectivity index (χ1n) is 20.6. The Labute approximate surface area is 338 Å². The van der Waals surface area contributed by atoms with Crippen LogP contribution in [0.15, 0.2) is 157 Å². The number of nitrogens with zero attached hydrogens (tertiary/aromatic N) is 2. The summed E-state index contributed by atoms with van der Waals surface area (Å²) in [6.07, 6.45) is 7.05. The van der Waals surface area contributed by atoms with Crippen LogP contribution in [0.1, 0.15) is 79.5 Å². The lowest BCUT2D eigenvalue weighted by molar-refractivity contribution is 0.606. The van der Waals surface area contributed by atoms with Crippen molar-refractivity contribution in [1.29, 1.82) is 0 Å². The van der Waals surface area contributed by atoms with Crippen LogP contribution in [0, 0.1) is 20.8 Å². The van der Waals surface area contributed by atoms with Crippen LogP contribution in [0.25, 0.3) is 27.5 Å². The zero-order valence-corrected chi connectivity index (χ0v) is 34.2. The van der Waals surface area contributed by atoms with Gasteiger partial charge in [-0.05, 0) is 157 Å². The van der Waals surface area contributed by atoms with Crippen LogP contribution < -0.4 is 9.80 Å². The Hall–Kier alpha value is -6.12. The monoisotopic (exact) mass is 738 g/mol. The quantitative estimate of drug-likeness (QED) is 0.168. The summed E-state index contributed by atoms with van der Waals surface area (Å²) >= 11 is 0. The van der Waals surface area contributed by atoms with Crippen molar-refractivity contribution in [3.63, 3.8) is 0 Å². The Morgan fingerprint density at radius 3 is 1.46 bits per heavy atom. The highest BCUT2D eigenvalue weighted by atomic mass is 15.2. The second-order valence-corrected chi connectivity index (χ2v) is 17.6. The van der Waals surface area contributed by atoms with Gasteiger partial charge in [0.2, 0.25) is 0 Å². The van der Waals surface area contributed by atoms with Crippen LogP contribution in [0.2, 0.25) is 0 Å². The second-order valence-electron chi connectivity index (χ2n) is 17.6. The molecule has 0 spiro atoms. The van der Waals surface area contributed by atoms with Crippen LogP contribution in [-0.2, 0) is 10.8 Å². The number of hydrogen-bond donors (Lipinski definition) is 0. The highest BCUT2D eigenvalue weighted by molar-refractivity contribution is 6.10. The topological polar surface area (TPSA) is 6.48 Å². The van der Waals surface area contributed by atoms with Crippen molar-refractivity contribution < 1.29 is 0 Å². The fraction of sp³-hybridized carbons (Fsp3) is 0.200. The van der Waals surface area contributed by atoms with Crippen LogP contribution in [-0.4, -0.2) is 0 Å². The molecule has 0 atom stereocenters. The number of benzene rings is 7. The summed E-state index contributed by atoms with van der Waals surface area (Å²) in [5.41, 5.74) is 22.0. The molecule has 10 rings (SSSR count). The van der Waals surface area contributed by atoms with Gasteiger partial charge in [0, 0.05) is 44.7 Å². The molecule has 0 aliphatic heterocycles. The predicted octanol–water partition coefficient (Wildman–Crippen LogP) is 15.4. The molecular weight excluding hydrogens is 689 g/mol. The summed E-state index contributed by atoms with van der Waals surface area (Å²) in [7, 11) is 0. The number of fused-ring (bicyclic) bond motifs is 7. The summed E-state index contributed by atoms with van der Waals surface area (Å²) in [5, 5.41) is 2.56. The molecule has 0 N–H and O–H groups in total. The Balaban J connectivity index is 1.15. The molecule has 0 bridgehead atoms. The van der Waals surface area contributed by atoms with Crippen molar-refractivity contribution in [2.45, 2.75) is 72.1 Å². The first-order chi connectivity index (χ1) is 27.5. The Morgan fingerprint density at radius 2 is 0.912 bits per heavy atom. The van der Waals surface area contributed by atoms with E-state index in [1.54, 1.807) is 5.57 Å². The van der Waals surface area contributed by atoms with E-state index in [1.807, 2.05) is 0 Å². The van der Waals surface area contributed by atoms with E-state index < -0.39 is 0 Å². The predicted molar refractivity (Wildman–Crippen MR) is 243 cm³/mol. The minimum atomic E-state index is -0.185. The Kier molecular flexibility index (Phi) is 8.03. The fourth-order valence-corrected chi connectivity index (χ4v) is 9.97. The first-order valence-corrected chi connectivity index (χ1v) is 20.6. The van der Waals surface area contributed by atoms with Crippen LogP contribution in [0.3, 0.4) is 0 Å². The van der Waals surface area contributed by atoms with Crippen molar-refractivity contribution in [3.8, 4) is 11.1 Å². The zero-order chi connectivity index (χ0) is 39.2. The van der Waals surface area contributed by atoms with Crippen molar-refractivity contribution in [1.82, 2.24) is 0 Å². The van der Waals surface area contributed by atoms with E-state index in [1.165, 1.54) is 72.1 Å². The normalized spacial score (nSPS) is 15.6. The summed E-state index contributed by atoms with van der Waals surface area (Å²) in [6, 6.07) is 52.5. The molecule has 0 aromatic heterocycles. The maximum atomic E-state index is 2.57. The summed E-state index contributed by atoms with van der Waals surface area (Å²) in [6.45, 7) is 16.2. The van der Waals surface area contributed by atoms with Crippen LogP contribution in [0.4, 0.5) is 34.1 Å². The van der Waals surface area contributed by atoms with Crippen molar-refractivity contribution in [2.75, 3.05) is 9.80 Å². The summed E-state index contributed by atoms with van der Waals surface area (Å²) < 4.78 is 0. The third-order valence-corrected chi connectivity index (χ3v) is 13.2. The third kappa shape index (κ3) is 5.52. The molecule has 2 nitrogen and oxygen atoms in total. The van der Waals surface area contributed by atoms with Gasteiger partial charge in [-0.2, -0.15) is 0 Å². The molecule has 3 aliphatic carbocycles. The minimum absolute atomic E-state index is 0.0238. The van der Waals surface area contributed by atoms with E-state index >= 15 is 0 Å². The van der Waals surface area contributed by atoms with Crippen molar-refractivity contribution in [2.24, 2.45) is 0 Å². The largest absolute Gasteiger partial charge is 0.311 e. The molecule has 3 aliphatic rings. The van der Waals surface area contributed by atoms with Crippen molar-refractivity contribution in [3.05, 3.63) is 196 Å². The van der Waals surface area contributed by atoms with E-state index in [-0.39, 0.29) is 10.8 Å². The van der Waals surface area contributed by atoms with Gasteiger partial charge >= 0.3 is 0 Å². The van der Waals surface area contributed by atoms with Gasteiger partial charge in [0.15, 0.2) is 0 Å². The molecule has 57 heavy (non-hydrogen) atoms. The average molecular weight is 739 g/mol. The molecule has 2 heteroatoms. The maximum Gasteiger partial charge on any atom is 0.0543 e. The third-order valence-electron chi connectivity index (χ3n) is 13.2. The van der Waals surface area contributed by atoms with Crippen LogP contribution in [0.5, 0.6) is 0 Å². The molecule has 0 heterocycles. The standard InChI is InChI=1S/C55H50N2/c1-35-16-22-38(23-17-35)56(39-24-18-36(2)19-25-39)40-28-30-42(31-29-40)57(41-26-20-37(3)21-27-41)52-34-51-53(45-14-9-8-13-44(45)52)47-33-49-46(32-50(47)55(51,6)7)43-12-10-11-15-48(43)54(49,4)5/h8-10,12-14,16-34H,11,15H2,1-7H3. The van der Waals surface area contributed by atoms with Gasteiger partial charge in [-0.1, -0.05) is 123 Å². The van der Waals surface area contributed by atoms with Gasteiger partial charge in [-0.25, -0.2) is 0 Å². The molecule has 7 aromatic rings. The van der Waals surface area contributed by atoms with Gasteiger partial charge < -0.3 is 9.80 Å². The van der Waals surface area contributed by atoms with E-state index in [9.17, 15) is 0 Å². The van der Waals surface area contributed by atoms with E-state index in [0.717, 1.165) is 41.3 Å². The molecule has 0 amide bonds. The fourth-order valence-electron chi connectivity index (χ4n) is 9.97. The smallest absolute Gasteiger partial charge is 0.0543 e. The molecule has 0 fully saturated rings. The zero-order valence-electron chi connectivity index (χ0n) is 34.2. The van der Waals surface area contributed by atoms with E-state index in [2.05, 4.69) is 210 Å². The van der Waals surface area contributed by atoms with E-state index in [0.29, 0.717) is 0 Å². The number of allylic oxidation sites excluding steroid dienone is 4. The number of rotatable bonds is 6. The lowest BCUT2D eigenvalue weighted by atomic mass is 9.77. The second kappa shape index (κ2) is 13.0. The Bertz CT molecular complexity index is 2730.